The smallest absolute Gasteiger partial charge is 0.304 e. The fourth-order valence-electron chi connectivity index (χ4n) is 1.39. The molecule has 1 aromatic carbocycles. The molecule has 0 heterocycles. The minimum atomic E-state index is -0.787. The van der Waals surface area contributed by atoms with Gasteiger partial charge in [-0.05, 0) is 17.0 Å². The van der Waals surface area contributed by atoms with Gasteiger partial charge in [0.05, 0.1) is 4.92 Å². The predicted octanol–water partition coefficient (Wildman–Crippen LogP) is 2.87. The number of nitrogens with zero attached hydrogens (tertiary/aromatic N) is 1. The fourth-order valence-corrected chi connectivity index (χ4v) is 1.39. The van der Waals surface area contributed by atoms with Crippen molar-refractivity contribution in [3.05, 3.63) is 39.7 Å². The molecule has 0 radical (unpaired) electrons. The molecule has 0 saturated heterocycles. The van der Waals surface area contributed by atoms with Gasteiger partial charge < -0.3 is 5.32 Å². The lowest BCUT2D eigenvalue weighted by Crippen LogP contribution is -2.26. The first-order valence-electron chi connectivity index (χ1n) is 5.43. The number of nitro groups is 1. The van der Waals surface area contributed by atoms with Gasteiger partial charge in [-0.2, -0.15) is 4.39 Å². The van der Waals surface area contributed by atoms with Crippen LogP contribution in [0.5, 0.6) is 0 Å². The summed E-state index contributed by atoms with van der Waals surface area (Å²) in [6.45, 7) is 7.58. The zero-order valence-electron chi connectivity index (χ0n) is 10.3. The summed E-state index contributed by atoms with van der Waals surface area (Å²) in [5, 5.41) is 13.6. The van der Waals surface area contributed by atoms with E-state index >= 15 is 0 Å². The average molecular weight is 240 g/mol. The molecule has 1 N–H and O–H groups in total. The molecule has 0 spiro atoms. The standard InChI is InChI=1S/C12H17FN2O2/c1-12(2,3)8-14-7-9-4-5-11(15(16)17)10(13)6-9/h4-6,14H,7-8H2,1-3H3. The van der Waals surface area contributed by atoms with E-state index in [4.69, 9.17) is 0 Å². The van der Waals surface area contributed by atoms with Crippen LogP contribution in [0.4, 0.5) is 10.1 Å². The van der Waals surface area contributed by atoms with Crippen LogP contribution in [0.2, 0.25) is 0 Å². The van der Waals surface area contributed by atoms with Crippen LogP contribution in [0.25, 0.3) is 0 Å². The first-order chi connectivity index (χ1) is 7.79. The van der Waals surface area contributed by atoms with E-state index in [0.717, 1.165) is 6.54 Å². The molecule has 1 aromatic rings. The number of nitrogens with one attached hydrogen (secondary N) is 1. The number of hydrogen-bond donors (Lipinski definition) is 1. The molecule has 0 aliphatic carbocycles. The van der Waals surface area contributed by atoms with Gasteiger partial charge in [-0.25, -0.2) is 0 Å². The first kappa shape index (κ1) is 13.6. The monoisotopic (exact) mass is 240 g/mol. The van der Waals surface area contributed by atoms with Crippen molar-refractivity contribution < 1.29 is 9.31 Å². The van der Waals surface area contributed by atoms with Crippen LogP contribution in [-0.4, -0.2) is 11.5 Å². The van der Waals surface area contributed by atoms with Gasteiger partial charge in [0, 0.05) is 19.2 Å². The number of hydrogen-bond acceptors (Lipinski definition) is 3. The molecular formula is C12H17FN2O2. The van der Waals surface area contributed by atoms with Crippen molar-refractivity contribution in [2.24, 2.45) is 5.41 Å². The van der Waals surface area contributed by atoms with Crippen molar-refractivity contribution in [2.75, 3.05) is 6.54 Å². The Bertz CT molecular complexity index is 413. The van der Waals surface area contributed by atoms with Gasteiger partial charge in [-0.1, -0.05) is 26.8 Å². The Kier molecular flexibility index (Phi) is 4.17. The van der Waals surface area contributed by atoms with Gasteiger partial charge in [-0.3, -0.25) is 10.1 Å². The summed E-state index contributed by atoms with van der Waals surface area (Å²) in [7, 11) is 0. The SMILES string of the molecule is CC(C)(C)CNCc1ccc([N+](=O)[O-])c(F)c1. The minimum Gasteiger partial charge on any atom is -0.312 e. The zero-order chi connectivity index (χ0) is 13.1. The quantitative estimate of drug-likeness (QED) is 0.650. The average Bonchev–Trinajstić information content (AvgIpc) is 2.15. The highest BCUT2D eigenvalue weighted by molar-refractivity contribution is 5.34. The van der Waals surface area contributed by atoms with E-state index in [0.29, 0.717) is 12.1 Å². The Labute approximate surface area is 100.0 Å². The molecule has 0 aromatic heterocycles. The van der Waals surface area contributed by atoms with Gasteiger partial charge >= 0.3 is 5.69 Å². The molecule has 4 nitrogen and oxygen atoms in total. The molecule has 0 bridgehead atoms. The third-order valence-electron chi connectivity index (χ3n) is 2.19. The van der Waals surface area contributed by atoms with Gasteiger partial charge in [-0.15, -0.1) is 0 Å². The summed E-state index contributed by atoms with van der Waals surface area (Å²) >= 11 is 0. The summed E-state index contributed by atoms with van der Waals surface area (Å²) < 4.78 is 13.3. The maximum Gasteiger partial charge on any atom is 0.304 e. The topological polar surface area (TPSA) is 55.2 Å². The van der Waals surface area contributed by atoms with Crippen LogP contribution in [0.1, 0.15) is 26.3 Å². The highest BCUT2D eigenvalue weighted by Gasteiger charge is 2.14. The van der Waals surface area contributed by atoms with Crippen LogP contribution in [0.15, 0.2) is 18.2 Å². The maximum atomic E-state index is 13.3. The molecule has 0 aliphatic rings. The van der Waals surface area contributed by atoms with Crippen LogP contribution in [0.3, 0.4) is 0 Å². The van der Waals surface area contributed by atoms with Gasteiger partial charge in [0.2, 0.25) is 5.82 Å². The molecule has 0 saturated carbocycles. The van der Waals surface area contributed by atoms with Crippen molar-refractivity contribution >= 4 is 5.69 Å². The molecule has 0 amide bonds. The molecule has 94 valence electrons. The molecule has 0 unspecified atom stereocenters. The molecule has 17 heavy (non-hydrogen) atoms. The van der Waals surface area contributed by atoms with Crippen LogP contribution in [0, 0.1) is 21.3 Å². The third-order valence-corrected chi connectivity index (χ3v) is 2.19. The highest BCUT2D eigenvalue weighted by atomic mass is 19.1. The number of benzene rings is 1. The van der Waals surface area contributed by atoms with Crippen molar-refractivity contribution in [3.8, 4) is 0 Å². The highest BCUT2D eigenvalue weighted by Crippen LogP contribution is 2.18. The lowest BCUT2D eigenvalue weighted by Gasteiger charge is -2.18. The Morgan fingerprint density at radius 2 is 2.06 bits per heavy atom. The predicted molar refractivity (Wildman–Crippen MR) is 64.2 cm³/mol. The zero-order valence-corrected chi connectivity index (χ0v) is 10.3. The van der Waals surface area contributed by atoms with E-state index in [1.54, 1.807) is 6.07 Å². The molecular weight excluding hydrogens is 223 g/mol. The number of rotatable bonds is 4. The second-order valence-electron chi connectivity index (χ2n) is 5.21. The van der Waals surface area contributed by atoms with Crippen molar-refractivity contribution in [1.29, 1.82) is 0 Å². The van der Waals surface area contributed by atoms with Crippen molar-refractivity contribution in [3.63, 3.8) is 0 Å². The third kappa shape index (κ3) is 4.48. The van der Waals surface area contributed by atoms with Crippen molar-refractivity contribution in [2.45, 2.75) is 27.3 Å². The fraction of sp³-hybridized carbons (Fsp3) is 0.500. The normalized spacial score (nSPS) is 11.5. The van der Waals surface area contributed by atoms with E-state index < -0.39 is 16.4 Å². The van der Waals surface area contributed by atoms with E-state index in [1.165, 1.54) is 12.1 Å². The molecule has 1 rings (SSSR count). The molecule has 0 aliphatic heterocycles. The second-order valence-corrected chi connectivity index (χ2v) is 5.21. The second kappa shape index (κ2) is 5.23. The summed E-state index contributed by atoms with van der Waals surface area (Å²) in [4.78, 5) is 9.71. The summed E-state index contributed by atoms with van der Waals surface area (Å²) in [5.74, 6) is -0.787. The van der Waals surface area contributed by atoms with Crippen LogP contribution in [-0.2, 0) is 6.54 Å². The largest absolute Gasteiger partial charge is 0.312 e. The summed E-state index contributed by atoms with van der Waals surface area (Å²) in [5.41, 5.74) is 0.376. The van der Waals surface area contributed by atoms with E-state index in [-0.39, 0.29) is 5.41 Å². The molecule has 0 atom stereocenters. The summed E-state index contributed by atoms with van der Waals surface area (Å²) in [6.07, 6.45) is 0. The van der Waals surface area contributed by atoms with Crippen LogP contribution >= 0.6 is 0 Å². The van der Waals surface area contributed by atoms with Crippen molar-refractivity contribution in [1.82, 2.24) is 5.32 Å². The lowest BCUT2D eigenvalue weighted by molar-refractivity contribution is -0.387. The number of halogens is 1. The Balaban J connectivity index is 2.62. The minimum absolute atomic E-state index is 0.152. The maximum absolute atomic E-state index is 13.3. The van der Waals surface area contributed by atoms with Gasteiger partial charge in [0.15, 0.2) is 0 Å². The summed E-state index contributed by atoms with van der Waals surface area (Å²) in [6, 6.07) is 3.97. The van der Waals surface area contributed by atoms with Crippen LogP contribution < -0.4 is 5.32 Å². The van der Waals surface area contributed by atoms with E-state index in [2.05, 4.69) is 26.1 Å². The first-order valence-corrected chi connectivity index (χ1v) is 5.43. The van der Waals surface area contributed by atoms with E-state index in [1.807, 2.05) is 0 Å². The Morgan fingerprint density at radius 1 is 1.41 bits per heavy atom. The molecule has 5 heteroatoms. The molecule has 0 fully saturated rings. The van der Waals surface area contributed by atoms with Gasteiger partial charge in [0.25, 0.3) is 0 Å². The Hall–Kier alpha value is -1.49. The van der Waals surface area contributed by atoms with E-state index in [9.17, 15) is 14.5 Å². The number of nitro benzene ring substituents is 1. The Morgan fingerprint density at radius 3 is 2.53 bits per heavy atom. The van der Waals surface area contributed by atoms with Gasteiger partial charge in [0.1, 0.15) is 0 Å². The lowest BCUT2D eigenvalue weighted by atomic mass is 9.97.